The SMILES string of the molecule is NC(=NCCC(=O)N1CCCCC1)Nc1ccccc1OC(F)(F)F. The van der Waals surface area contributed by atoms with Gasteiger partial charge in [0.1, 0.15) is 0 Å². The molecule has 1 saturated heterocycles. The normalized spacial score (nSPS) is 15.8. The number of anilines is 1. The summed E-state index contributed by atoms with van der Waals surface area (Å²) in [6, 6.07) is 5.51. The van der Waals surface area contributed by atoms with Crippen LogP contribution in [-0.2, 0) is 4.79 Å². The predicted octanol–water partition coefficient (Wildman–Crippen LogP) is 2.71. The summed E-state index contributed by atoms with van der Waals surface area (Å²) in [5.74, 6) is -0.473. The summed E-state index contributed by atoms with van der Waals surface area (Å²) >= 11 is 0. The Labute approximate surface area is 143 Å². The van der Waals surface area contributed by atoms with Crippen LogP contribution < -0.4 is 15.8 Å². The third kappa shape index (κ3) is 6.52. The van der Waals surface area contributed by atoms with Crippen LogP contribution in [-0.4, -0.2) is 42.8 Å². The molecule has 3 N–H and O–H groups in total. The number of likely N-dealkylation sites (tertiary alicyclic amines) is 1. The molecule has 0 radical (unpaired) electrons. The van der Waals surface area contributed by atoms with Crippen LogP contribution in [0.5, 0.6) is 5.75 Å². The van der Waals surface area contributed by atoms with Crippen molar-refractivity contribution < 1.29 is 22.7 Å². The molecule has 1 heterocycles. The van der Waals surface area contributed by atoms with Gasteiger partial charge in [-0.15, -0.1) is 13.2 Å². The van der Waals surface area contributed by atoms with Crippen LogP contribution in [0.4, 0.5) is 18.9 Å². The van der Waals surface area contributed by atoms with E-state index in [1.165, 1.54) is 18.2 Å². The first kappa shape index (κ1) is 18.9. The Morgan fingerprint density at radius 3 is 2.60 bits per heavy atom. The summed E-state index contributed by atoms with van der Waals surface area (Å²) in [4.78, 5) is 17.8. The number of carbonyl (C=O) groups excluding carboxylic acids is 1. The second-order valence-corrected chi connectivity index (χ2v) is 5.63. The first-order valence-corrected chi connectivity index (χ1v) is 8.04. The van der Waals surface area contributed by atoms with Gasteiger partial charge >= 0.3 is 6.36 Å². The van der Waals surface area contributed by atoms with Gasteiger partial charge in [-0.1, -0.05) is 12.1 Å². The molecule has 1 aromatic rings. The molecule has 0 aromatic heterocycles. The molecular weight excluding hydrogens is 337 g/mol. The lowest BCUT2D eigenvalue weighted by atomic mass is 10.1. The largest absolute Gasteiger partial charge is 0.573 e. The molecule has 2 rings (SSSR count). The van der Waals surface area contributed by atoms with Crippen molar-refractivity contribution in [1.29, 1.82) is 0 Å². The summed E-state index contributed by atoms with van der Waals surface area (Å²) in [7, 11) is 0. The molecule has 0 spiro atoms. The molecule has 25 heavy (non-hydrogen) atoms. The summed E-state index contributed by atoms with van der Waals surface area (Å²) in [6.45, 7) is 1.69. The van der Waals surface area contributed by atoms with E-state index in [1.54, 1.807) is 11.0 Å². The van der Waals surface area contributed by atoms with Gasteiger partial charge in [-0.25, -0.2) is 0 Å². The van der Waals surface area contributed by atoms with Crippen LogP contribution in [0.3, 0.4) is 0 Å². The van der Waals surface area contributed by atoms with Gasteiger partial charge < -0.3 is 20.7 Å². The van der Waals surface area contributed by atoms with Crippen LogP contribution in [0.25, 0.3) is 0 Å². The molecular formula is C16H21F3N4O2. The summed E-state index contributed by atoms with van der Waals surface area (Å²) in [5, 5.41) is 2.56. The predicted molar refractivity (Wildman–Crippen MR) is 88.3 cm³/mol. The quantitative estimate of drug-likeness (QED) is 0.627. The second-order valence-electron chi connectivity index (χ2n) is 5.63. The fourth-order valence-electron chi connectivity index (χ4n) is 2.53. The number of hydrogen-bond donors (Lipinski definition) is 2. The van der Waals surface area contributed by atoms with Gasteiger partial charge in [0.15, 0.2) is 11.7 Å². The highest BCUT2D eigenvalue weighted by molar-refractivity contribution is 5.93. The Bertz CT molecular complexity index is 614. The van der Waals surface area contributed by atoms with E-state index in [4.69, 9.17) is 5.73 Å². The minimum atomic E-state index is -4.80. The number of para-hydroxylation sites is 2. The van der Waals surface area contributed by atoms with Gasteiger partial charge in [-0.3, -0.25) is 9.79 Å². The van der Waals surface area contributed by atoms with Crippen molar-refractivity contribution in [1.82, 2.24) is 4.90 Å². The molecule has 0 bridgehead atoms. The smallest absolute Gasteiger partial charge is 0.404 e. The molecule has 0 unspecified atom stereocenters. The van der Waals surface area contributed by atoms with E-state index in [0.29, 0.717) is 0 Å². The number of nitrogens with two attached hydrogens (primary N) is 1. The number of alkyl halides is 3. The van der Waals surface area contributed by atoms with Crippen molar-refractivity contribution in [3.05, 3.63) is 24.3 Å². The minimum absolute atomic E-state index is 0.0112. The molecule has 138 valence electrons. The third-order valence-electron chi connectivity index (χ3n) is 3.69. The highest BCUT2D eigenvalue weighted by atomic mass is 19.4. The molecule has 0 aliphatic carbocycles. The van der Waals surface area contributed by atoms with Gasteiger partial charge in [0, 0.05) is 19.5 Å². The number of aliphatic imine (C=N–C) groups is 1. The number of amides is 1. The van der Waals surface area contributed by atoms with Crippen molar-refractivity contribution in [2.24, 2.45) is 10.7 Å². The lowest BCUT2D eigenvalue weighted by molar-refractivity contribution is -0.274. The Kier molecular flexibility index (Phi) is 6.49. The molecule has 6 nitrogen and oxygen atoms in total. The number of ether oxygens (including phenoxy) is 1. The topological polar surface area (TPSA) is 80.0 Å². The lowest BCUT2D eigenvalue weighted by Crippen LogP contribution is -2.36. The highest BCUT2D eigenvalue weighted by Crippen LogP contribution is 2.29. The monoisotopic (exact) mass is 358 g/mol. The Morgan fingerprint density at radius 2 is 1.92 bits per heavy atom. The zero-order valence-electron chi connectivity index (χ0n) is 13.7. The zero-order valence-corrected chi connectivity index (χ0v) is 13.7. The number of halogens is 3. The van der Waals surface area contributed by atoms with Crippen LogP contribution in [0, 0.1) is 0 Å². The second kappa shape index (κ2) is 8.59. The van der Waals surface area contributed by atoms with Crippen LogP contribution >= 0.6 is 0 Å². The first-order chi connectivity index (χ1) is 11.8. The van der Waals surface area contributed by atoms with E-state index < -0.39 is 12.1 Å². The average Bonchev–Trinajstić information content (AvgIpc) is 2.56. The maximum absolute atomic E-state index is 12.4. The standard InChI is InChI=1S/C16H21F3N4O2/c17-16(18,19)25-13-7-3-2-6-12(13)22-15(20)21-9-8-14(24)23-10-4-1-5-11-23/h2-3,6-7H,1,4-5,8-11H2,(H3,20,21,22). The van der Waals surface area contributed by atoms with Gasteiger partial charge in [0.25, 0.3) is 0 Å². The number of nitrogens with zero attached hydrogens (tertiary/aromatic N) is 2. The van der Waals surface area contributed by atoms with E-state index in [2.05, 4.69) is 15.0 Å². The number of benzene rings is 1. The molecule has 1 aromatic carbocycles. The average molecular weight is 358 g/mol. The lowest BCUT2D eigenvalue weighted by Gasteiger charge is -2.26. The number of piperidine rings is 1. The first-order valence-electron chi connectivity index (χ1n) is 8.04. The number of carbonyl (C=O) groups is 1. The Balaban J connectivity index is 1.87. The highest BCUT2D eigenvalue weighted by Gasteiger charge is 2.32. The van der Waals surface area contributed by atoms with Crippen LogP contribution in [0.2, 0.25) is 0 Å². The maximum Gasteiger partial charge on any atom is 0.573 e. The van der Waals surface area contributed by atoms with Gasteiger partial charge in [-0.2, -0.15) is 0 Å². The summed E-state index contributed by atoms with van der Waals surface area (Å²) < 4.78 is 41.0. The van der Waals surface area contributed by atoms with E-state index in [0.717, 1.165) is 32.4 Å². The third-order valence-corrected chi connectivity index (χ3v) is 3.69. The van der Waals surface area contributed by atoms with E-state index in [9.17, 15) is 18.0 Å². The van der Waals surface area contributed by atoms with Gasteiger partial charge in [0.05, 0.1) is 12.2 Å². The number of rotatable bonds is 5. The van der Waals surface area contributed by atoms with Crippen molar-refractivity contribution in [2.45, 2.75) is 32.0 Å². The molecule has 9 heteroatoms. The minimum Gasteiger partial charge on any atom is -0.404 e. The zero-order chi connectivity index (χ0) is 18.3. The van der Waals surface area contributed by atoms with Crippen molar-refractivity contribution in [2.75, 3.05) is 25.0 Å². The van der Waals surface area contributed by atoms with E-state index in [-0.39, 0.29) is 30.5 Å². The summed E-state index contributed by atoms with van der Waals surface area (Å²) in [6.07, 6.45) is -1.44. The maximum atomic E-state index is 12.4. The van der Waals surface area contributed by atoms with Crippen LogP contribution in [0.1, 0.15) is 25.7 Å². The molecule has 0 saturated carbocycles. The number of nitrogens with one attached hydrogen (secondary N) is 1. The van der Waals surface area contributed by atoms with Crippen LogP contribution in [0.15, 0.2) is 29.3 Å². The van der Waals surface area contributed by atoms with Gasteiger partial charge in [0.2, 0.25) is 5.91 Å². The number of guanidine groups is 1. The fourth-order valence-corrected chi connectivity index (χ4v) is 2.53. The Morgan fingerprint density at radius 1 is 1.24 bits per heavy atom. The molecule has 1 amide bonds. The summed E-state index contributed by atoms with van der Waals surface area (Å²) in [5.41, 5.74) is 5.73. The fraction of sp³-hybridized carbons (Fsp3) is 0.500. The van der Waals surface area contributed by atoms with Crippen molar-refractivity contribution in [3.8, 4) is 5.75 Å². The molecule has 1 aliphatic rings. The van der Waals surface area contributed by atoms with E-state index in [1.807, 2.05) is 0 Å². The number of hydrogen-bond acceptors (Lipinski definition) is 3. The molecule has 1 aliphatic heterocycles. The Hall–Kier alpha value is -2.45. The molecule has 0 atom stereocenters. The van der Waals surface area contributed by atoms with E-state index >= 15 is 0 Å². The molecule has 1 fully saturated rings. The van der Waals surface area contributed by atoms with Crippen molar-refractivity contribution >= 4 is 17.6 Å². The van der Waals surface area contributed by atoms with Gasteiger partial charge in [-0.05, 0) is 31.4 Å². The van der Waals surface area contributed by atoms with Crippen molar-refractivity contribution in [3.63, 3.8) is 0 Å².